The Kier molecular flexibility index (Phi) is 5.28. The molecule has 3 aromatic rings. The third kappa shape index (κ3) is 3.79. The number of amides is 1. The number of aromatic nitrogens is 2. The molecule has 1 aromatic heterocycles. The number of rotatable bonds is 5. The van der Waals surface area contributed by atoms with Crippen molar-refractivity contribution in [3.05, 3.63) is 76.6 Å². The topological polar surface area (TPSA) is 112 Å². The molecule has 9 nitrogen and oxygen atoms in total. The lowest BCUT2D eigenvalue weighted by atomic mass is 10.0. The summed E-state index contributed by atoms with van der Waals surface area (Å²) in [5.41, 5.74) is 3.11. The van der Waals surface area contributed by atoms with E-state index in [4.69, 9.17) is 5.26 Å². The van der Waals surface area contributed by atoms with Crippen molar-refractivity contribution in [1.82, 2.24) is 9.78 Å². The van der Waals surface area contributed by atoms with E-state index < -0.39 is 5.91 Å². The van der Waals surface area contributed by atoms with E-state index >= 15 is 0 Å². The van der Waals surface area contributed by atoms with Gasteiger partial charge in [0.2, 0.25) is 0 Å². The monoisotopic (exact) mass is 419 g/mol. The maximum Gasteiger partial charge on any atom is 0.281 e. The van der Waals surface area contributed by atoms with Crippen molar-refractivity contribution in [1.29, 1.82) is 0 Å². The van der Waals surface area contributed by atoms with Gasteiger partial charge in [0.15, 0.2) is 0 Å². The van der Waals surface area contributed by atoms with Crippen LogP contribution in [0.25, 0.3) is 11.3 Å². The van der Waals surface area contributed by atoms with Crippen LogP contribution in [0.5, 0.6) is 0 Å². The largest absolute Gasteiger partial charge is 0.378 e. The van der Waals surface area contributed by atoms with Gasteiger partial charge >= 0.3 is 0 Å². The van der Waals surface area contributed by atoms with Crippen LogP contribution in [0.2, 0.25) is 0 Å². The highest BCUT2D eigenvalue weighted by Crippen LogP contribution is 2.28. The Labute approximate surface area is 177 Å². The summed E-state index contributed by atoms with van der Waals surface area (Å²) in [6.07, 6.45) is 0. The van der Waals surface area contributed by atoms with Gasteiger partial charge in [-0.1, -0.05) is 18.7 Å². The van der Waals surface area contributed by atoms with E-state index in [1.165, 1.54) is 4.68 Å². The standard InChI is InChI=1S/C22H21N5O4/c1-13-18-20(25-27(22(18)29)17-8-4-14(5-9-17)12-31-30)24-21(28)19(13)23-15-6-10-16(11-7-15)26(2)3/h4-11,25,30H,1,12H2,2-3H3,(H,24,28). The molecule has 1 amide bonds. The fraction of sp³-hybridized carbons (Fsp3) is 0.136. The number of aromatic amines is 1. The Morgan fingerprint density at radius 1 is 1.10 bits per heavy atom. The molecule has 4 rings (SSSR count). The number of hydrogen-bond donors (Lipinski definition) is 3. The van der Waals surface area contributed by atoms with E-state index in [1.807, 2.05) is 31.1 Å². The minimum atomic E-state index is -0.446. The number of anilines is 2. The fourth-order valence-electron chi connectivity index (χ4n) is 3.31. The summed E-state index contributed by atoms with van der Waals surface area (Å²) in [5.74, 6) is -0.178. The smallest absolute Gasteiger partial charge is 0.281 e. The van der Waals surface area contributed by atoms with Crippen molar-refractivity contribution < 1.29 is 14.9 Å². The van der Waals surface area contributed by atoms with Gasteiger partial charge in [-0.05, 0) is 42.0 Å². The summed E-state index contributed by atoms with van der Waals surface area (Å²) >= 11 is 0. The number of fused-ring (bicyclic) bond motifs is 1. The van der Waals surface area contributed by atoms with E-state index in [2.05, 4.69) is 26.9 Å². The second kappa shape index (κ2) is 8.05. The quantitative estimate of drug-likeness (QED) is 0.435. The van der Waals surface area contributed by atoms with Crippen molar-refractivity contribution in [2.45, 2.75) is 6.61 Å². The van der Waals surface area contributed by atoms with Gasteiger partial charge in [0.1, 0.15) is 18.1 Å². The van der Waals surface area contributed by atoms with Gasteiger partial charge in [-0.15, -0.1) is 0 Å². The number of nitrogens with zero attached hydrogens (tertiary/aromatic N) is 3. The summed E-state index contributed by atoms with van der Waals surface area (Å²) in [5, 5.41) is 14.1. The van der Waals surface area contributed by atoms with Crippen molar-refractivity contribution >= 4 is 34.4 Å². The lowest BCUT2D eigenvalue weighted by molar-refractivity contribution is -0.253. The Balaban J connectivity index is 1.69. The Morgan fingerprint density at radius 2 is 1.77 bits per heavy atom. The maximum atomic E-state index is 13.1. The molecule has 158 valence electrons. The minimum Gasteiger partial charge on any atom is -0.378 e. The first kappa shape index (κ1) is 20.3. The molecule has 0 bridgehead atoms. The van der Waals surface area contributed by atoms with Crippen molar-refractivity contribution in [3.8, 4) is 5.69 Å². The number of hydrogen-bond acceptors (Lipinski definition) is 6. The molecular weight excluding hydrogens is 398 g/mol. The molecule has 3 N–H and O–H groups in total. The van der Waals surface area contributed by atoms with Crippen LogP contribution in [-0.4, -0.2) is 40.8 Å². The zero-order valence-corrected chi connectivity index (χ0v) is 17.0. The van der Waals surface area contributed by atoms with Crippen molar-refractivity contribution in [2.75, 3.05) is 24.3 Å². The van der Waals surface area contributed by atoms with E-state index in [0.717, 1.165) is 11.3 Å². The molecule has 2 aromatic carbocycles. The second-order valence-corrected chi connectivity index (χ2v) is 7.25. The van der Waals surface area contributed by atoms with E-state index in [-0.39, 0.29) is 34.8 Å². The zero-order valence-electron chi connectivity index (χ0n) is 17.0. The first-order valence-corrected chi connectivity index (χ1v) is 9.47. The number of H-pyrrole nitrogens is 1. The van der Waals surface area contributed by atoms with Crippen LogP contribution in [-0.2, 0) is 16.3 Å². The van der Waals surface area contributed by atoms with Crippen LogP contribution >= 0.6 is 0 Å². The molecule has 0 radical (unpaired) electrons. The zero-order chi connectivity index (χ0) is 22.1. The summed E-state index contributed by atoms with van der Waals surface area (Å²) in [4.78, 5) is 36.2. The second-order valence-electron chi connectivity index (χ2n) is 7.25. The highest BCUT2D eigenvalue weighted by molar-refractivity contribution is 6.60. The molecule has 0 saturated heterocycles. The van der Waals surface area contributed by atoms with Gasteiger partial charge in [0.05, 0.1) is 16.9 Å². The molecule has 0 fully saturated rings. The van der Waals surface area contributed by atoms with E-state index in [9.17, 15) is 9.59 Å². The molecule has 0 saturated carbocycles. The summed E-state index contributed by atoms with van der Waals surface area (Å²) in [6.45, 7) is 4.00. The van der Waals surface area contributed by atoms with Crippen LogP contribution in [0, 0.1) is 0 Å². The molecule has 0 atom stereocenters. The average molecular weight is 419 g/mol. The lowest BCUT2D eigenvalue weighted by Crippen LogP contribution is -2.30. The summed E-state index contributed by atoms with van der Waals surface area (Å²) in [7, 11) is 3.87. The first-order chi connectivity index (χ1) is 14.9. The van der Waals surface area contributed by atoms with E-state index in [0.29, 0.717) is 11.4 Å². The average Bonchev–Trinajstić information content (AvgIpc) is 3.08. The van der Waals surface area contributed by atoms with Gasteiger partial charge in [0.25, 0.3) is 11.5 Å². The molecule has 2 heterocycles. The predicted octanol–water partition coefficient (Wildman–Crippen LogP) is 2.96. The predicted molar refractivity (Wildman–Crippen MR) is 119 cm³/mol. The lowest BCUT2D eigenvalue weighted by Gasteiger charge is -2.16. The SMILES string of the molecule is C=C1C(=Nc2ccc(N(C)C)cc2)C(=O)Nc2[nH]n(-c3ccc(COO)cc3)c(=O)c21. The normalized spacial score (nSPS) is 14.5. The molecule has 1 aliphatic heterocycles. The first-order valence-electron chi connectivity index (χ1n) is 9.47. The number of benzene rings is 2. The fourth-order valence-corrected chi connectivity index (χ4v) is 3.31. The van der Waals surface area contributed by atoms with Gasteiger partial charge in [-0.3, -0.25) is 19.9 Å². The summed E-state index contributed by atoms with van der Waals surface area (Å²) < 4.78 is 1.31. The van der Waals surface area contributed by atoms with Gasteiger partial charge < -0.3 is 10.2 Å². The molecule has 0 unspecified atom stereocenters. The van der Waals surface area contributed by atoms with E-state index in [1.54, 1.807) is 36.4 Å². The summed E-state index contributed by atoms with van der Waals surface area (Å²) in [6, 6.07) is 14.2. The number of nitrogens with one attached hydrogen (secondary N) is 2. The Bertz CT molecular complexity index is 1230. The van der Waals surface area contributed by atoms with Crippen LogP contribution < -0.4 is 15.8 Å². The van der Waals surface area contributed by atoms with Gasteiger partial charge in [-0.25, -0.2) is 14.6 Å². The molecule has 0 spiro atoms. The van der Waals surface area contributed by atoms with Crippen LogP contribution in [0.15, 0.2) is 64.9 Å². The Hall–Kier alpha value is -3.95. The number of carbonyl (C=O) groups excluding carboxylic acids is 1. The van der Waals surface area contributed by atoms with Crippen LogP contribution in [0.1, 0.15) is 11.1 Å². The highest BCUT2D eigenvalue weighted by Gasteiger charge is 2.31. The maximum absolute atomic E-state index is 13.1. The third-order valence-corrected chi connectivity index (χ3v) is 4.96. The number of aliphatic imine (C=N–C) groups is 1. The minimum absolute atomic E-state index is 0.0403. The molecule has 0 aliphatic carbocycles. The molecule has 9 heteroatoms. The van der Waals surface area contributed by atoms with Gasteiger partial charge in [0, 0.05) is 25.4 Å². The highest BCUT2D eigenvalue weighted by atomic mass is 17.1. The van der Waals surface area contributed by atoms with Gasteiger partial charge in [-0.2, -0.15) is 0 Å². The van der Waals surface area contributed by atoms with Crippen molar-refractivity contribution in [2.24, 2.45) is 4.99 Å². The number of carbonyl (C=O) groups is 1. The Morgan fingerprint density at radius 3 is 2.39 bits per heavy atom. The van der Waals surface area contributed by atoms with Crippen molar-refractivity contribution in [3.63, 3.8) is 0 Å². The molecule has 1 aliphatic rings. The molecular formula is C22H21N5O4. The third-order valence-electron chi connectivity index (χ3n) is 4.96. The molecule has 31 heavy (non-hydrogen) atoms. The van der Waals surface area contributed by atoms with Crippen LogP contribution in [0.4, 0.5) is 17.2 Å². The van der Waals surface area contributed by atoms with Crippen LogP contribution in [0.3, 0.4) is 0 Å².